The molecule has 1 aliphatic rings. The van der Waals surface area contributed by atoms with Crippen molar-refractivity contribution in [3.63, 3.8) is 0 Å². The van der Waals surface area contributed by atoms with Crippen molar-refractivity contribution in [1.82, 2.24) is 4.98 Å². The van der Waals surface area contributed by atoms with E-state index in [1.807, 2.05) is 60.7 Å². The molecule has 4 nitrogen and oxygen atoms in total. The maximum Gasteiger partial charge on any atom is 0.257 e. The number of aromatic nitrogens is 1. The second-order valence-electron chi connectivity index (χ2n) is 6.67. The topological polar surface area (TPSA) is 58.6 Å². The lowest BCUT2D eigenvalue weighted by Gasteiger charge is -2.16. The zero-order valence-corrected chi connectivity index (χ0v) is 16.3. The number of benzene rings is 2. The number of oxime groups is 1. The number of nitrogens with zero attached hydrogens (tertiary/aromatic N) is 2. The standard InChI is InChI=1S/C23H22N2O2S/c26-25-19-15-9-1-2-10-16-20(19)28-23-24-21(17-11-5-3-6-12-17)22(27-23)18-13-7-4-8-14-18/h1-8,11-14,20,26H,9-10,15-16H2. The van der Waals surface area contributed by atoms with Gasteiger partial charge in [-0.25, -0.2) is 4.98 Å². The lowest BCUT2D eigenvalue weighted by atomic mass is 10.0. The van der Waals surface area contributed by atoms with Gasteiger partial charge in [0, 0.05) is 11.1 Å². The van der Waals surface area contributed by atoms with E-state index in [1.54, 1.807) is 11.8 Å². The second kappa shape index (κ2) is 8.93. The van der Waals surface area contributed by atoms with Crippen molar-refractivity contribution >= 4 is 17.5 Å². The Morgan fingerprint density at radius 2 is 1.61 bits per heavy atom. The highest BCUT2D eigenvalue weighted by atomic mass is 32.2. The van der Waals surface area contributed by atoms with Crippen molar-refractivity contribution in [3.8, 4) is 22.6 Å². The average Bonchev–Trinajstić information content (AvgIpc) is 3.16. The number of hydrogen-bond acceptors (Lipinski definition) is 5. The quantitative estimate of drug-likeness (QED) is 0.317. The largest absolute Gasteiger partial charge is 0.431 e. The minimum absolute atomic E-state index is 0.0563. The Morgan fingerprint density at radius 3 is 2.32 bits per heavy atom. The molecule has 0 spiro atoms. The Hall–Kier alpha value is -2.79. The maximum absolute atomic E-state index is 9.47. The van der Waals surface area contributed by atoms with Crippen LogP contribution in [0.15, 0.2) is 87.6 Å². The molecule has 0 aliphatic heterocycles. The van der Waals surface area contributed by atoms with Gasteiger partial charge in [0.05, 0.1) is 11.0 Å². The molecular weight excluding hydrogens is 368 g/mol. The Morgan fingerprint density at radius 1 is 0.929 bits per heavy atom. The summed E-state index contributed by atoms with van der Waals surface area (Å²) in [6, 6.07) is 20.1. The monoisotopic (exact) mass is 390 g/mol. The van der Waals surface area contributed by atoms with E-state index >= 15 is 0 Å². The van der Waals surface area contributed by atoms with Crippen LogP contribution in [0.1, 0.15) is 25.7 Å². The van der Waals surface area contributed by atoms with E-state index in [0.717, 1.165) is 54.0 Å². The van der Waals surface area contributed by atoms with E-state index in [0.29, 0.717) is 5.22 Å². The number of hydrogen-bond donors (Lipinski definition) is 1. The first-order chi connectivity index (χ1) is 13.8. The van der Waals surface area contributed by atoms with Gasteiger partial charge in [-0.15, -0.1) is 0 Å². The molecular formula is C23H22N2O2S. The molecule has 1 heterocycles. The van der Waals surface area contributed by atoms with Crippen LogP contribution in [-0.2, 0) is 0 Å². The summed E-state index contributed by atoms with van der Waals surface area (Å²) in [7, 11) is 0. The van der Waals surface area contributed by atoms with Crippen LogP contribution in [0.4, 0.5) is 0 Å². The van der Waals surface area contributed by atoms with Crippen LogP contribution in [0.25, 0.3) is 22.6 Å². The Bertz CT molecular complexity index is 908. The van der Waals surface area contributed by atoms with Crippen LogP contribution in [0.3, 0.4) is 0 Å². The van der Waals surface area contributed by atoms with E-state index in [-0.39, 0.29) is 5.25 Å². The molecule has 0 bridgehead atoms. The number of allylic oxidation sites excluding steroid dienone is 2. The van der Waals surface area contributed by atoms with Gasteiger partial charge in [0.1, 0.15) is 5.69 Å². The van der Waals surface area contributed by atoms with Gasteiger partial charge in [-0.3, -0.25) is 0 Å². The van der Waals surface area contributed by atoms with Crippen LogP contribution in [0.2, 0.25) is 0 Å². The average molecular weight is 391 g/mol. The van der Waals surface area contributed by atoms with Crippen LogP contribution < -0.4 is 0 Å². The van der Waals surface area contributed by atoms with Gasteiger partial charge in [0.2, 0.25) is 0 Å². The van der Waals surface area contributed by atoms with Crippen LogP contribution in [0, 0.1) is 0 Å². The van der Waals surface area contributed by atoms with Crippen LogP contribution >= 0.6 is 11.8 Å². The molecule has 0 saturated heterocycles. The molecule has 4 rings (SSSR count). The van der Waals surface area contributed by atoms with Crippen molar-refractivity contribution in [2.24, 2.45) is 5.16 Å². The van der Waals surface area contributed by atoms with Gasteiger partial charge in [-0.05, 0) is 25.7 Å². The fourth-order valence-corrected chi connectivity index (χ4v) is 4.41. The summed E-state index contributed by atoms with van der Waals surface area (Å²) in [6.45, 7) is 0. The van der Waals surface area contributed by atoms with Crippen LogP contribution in [0.5, 0.6) is 0 Å². The summed E-state index contributed by atoms with van der Waals surface area (Å²) < 4.78 is 6.22. The smallest absolute Gasteiger partial charge is 0.257 e. The normalized spacial score (nSPS) is 18.7. The summed E-state index contributed by atoms with van der Waals surface area (Å²) in [4.78, 5) is 4.82. The molecule has 0 fully saturated rings. The molecule has 0 saturated carbocycles. The Balaban J connectivity index is 1.70. The molecule has 1 N–H and O–H groups in total. The van der Waals surface area contributed by atoms with Gasteiger partial charge in [0.25, 0.3) is 5.22 Å². The molecule has 2 aromatic carbocycles. The van der Waals surface area contributed by atoms with Crippen molar-refractivity contribution < 1.29 is 9.62 Å². The first kappa shape index (κ1) is 18.6. The fraction of sp³-hybridized carbons (Fsp3) is 0.217. The summed E-state index contributed by atoms with van der Waals surface area (Å²) in [5, 5.41) is 13.7. The lowest BCUT2D eigenvalue weighted by Crippen LogP contribution is -2.18. The summed E-state index contributed by atoms with van der Waals surface area (Å²) in [5.41, 5.74) is 3.66. The lowest BCUT2D eigenvalue weighted by molar-refractivity contribution is 0.316. The van der Waals surface area contributed by atoms with Gasteiger partial charge in [-0.2, -0.15) is 0 Å². The summed E-state index contributed by atoms with van der Waals surface area (Å²) >= 11 is 1.54. The first-order valence-corrected chi connectivity index (χ1v) is 10.4. The third kappa shape index (κ3) is 4.20. The molecule has 1 unspecified atom stereocenters. The highest BCUT2D eigenvalue weighted by Gasteiger charge is 2.24. The molecule has 142 valence electrons. The second-order valence-corrected chi connectivity index (χ2v) is 7.83. The zero-order valence-electron chi connectivity index (χ0n) is 15.5. The summed E-state index contributed by atoms with van der Waals surface area (Å²) in [5.74, 6) is 0.766. The number of oxazole rings is 1. The number of thioether (sulfide) groups is 1. The Kier molecular flexibility index (Phi) is 5.92. The molecule has 1 atom stereocenters. The van der Waals surface area contributed by atoms with Gasteiger partial charge in [0.15, 0.2) is 5.76 Å². The highest BCUT2D eigenvalue weighted by molar-refractivity contribution is 8.00. The van der Waals surface area contributed by atoms with Crippen LogP contribution in [-0.4, -0.2) is 21.2 Å². The molecule has 0 amide bonds. The van der Waals surface area contributed by atoms with E-state index in [1.165, 1.54) is 0 Å². The molecule has 1 aromatic heterocycles. The third-order valence-corrected chi connectivity index (χ3v) is 5.93. The van der Waals surface area contributed by atoms with Crippen molar-refractivity contribution in [2.45, 2.75) is 36.2 Å². The molecule has 1 aliphatic carbocycles. The fourth-order valence-electron chi connectivity index (χ4n) is 3.33. The summed E-state index contributed by atoms with van der Waals surface area (Å²) in [6.07, 6.45) is 7.84. The van der Waals surface area contributed by atoms with Crippen molar-refractivity contribution in [2.75, 3.05) is 0 Å². The molecule has 0 radical (unpaired) electrons. The predicted octanol–water partition coefficient (Wildman–Crippen LogP) is 6.43. The zero-order chi connectivity index (χ0) is 19.2. The molecule has 28 heavy (non-hydrogen) atoms. The first-order valence-electron chi connectivity index (χ1n) is 9.49. The van der Waals surface area contributed by atoms with E-state index in [4.69, 9.17) is 9.40 Å². The number of rotatable bonds is 4. The predicted molar refractivity (Wildman–Crippen MR) is 114 cm³/mol. The minimum atomic E-state index is 0.0563. The Labute approximate surface area is 169 Å². The molecule has 3 aromatic rings. The highest BCUT2D eigenvalue weighted by Crippen LogP contribution is 2.38. The maximum atomic E-state index is 9.47. The van der Waals surface area contributed by atoms with Gasteiger partial charge >= 0.3 is 0 Å². The third-order valence-electron chi connectivity index (χ3n) is 4.76. The van der Waals surface area contributed by atoms with Crippen molar-refractivity contribution in [3.05, 3.63) is 72.8 Å². The van der Waals surface area contributed by atoms with E-state index in [2.05, 4.69) is 17.3 Å². The van der Waals surface area contributed by atoms with Gasteiger partial charge in [-0.1, -0.05) is 89.7 Å². The van der Waals surface area contributed by atoms with E-state index in [9.17, 15) is 5.21 Å². The SMILES string of the molecule is ON=C1CCC=CCCC1Sc1nc(-c2ccccc2)c(-c2ccccc2)o1. The molecule has 5 heteroatoms. The van der Waals surface area contributed by atoms with E-state index < -0.39 is 0 Å². The van der Waals surface area contributed by atoms with Crippen molar-refractivity contribution in [1.29, 1.82) is 0 Å². The van der Waals surface area contributed by atoms with Gasteiger partial charge < -0.3 is 9.62 Å². The minimum Gasteiger partial charge on any atom is -0.431 e.